The Morgan fingerprint density at radius 1 is 0.271 bits per heavy atom. The van der Waals surface area contributed by atoms with Crippen LogP contribution in [0.2, 0.25) is 0 Å². The topological polar surface area (TPSA) is 237 Å². The third-order valence-corrected chi connectivity index (χ3v) is 23.3. The van der Waals surface area contributed by atoms with Crippen molar-refractivity contribution in [3.05, 3.63) is 0 Å². The highest BCUT2D eigenvalue weighted by Crippen LogP contribution is 2.45. The first-order valence-corrected chi connectivity index (χ1v) is 48.4. The second kappa shape index (κ2) is 78.0. The number of phosphoric acid groups is 2. The van der Waals surface area contributed by atoms with Gasteiger partial charge in [-0.25, -0.2) is 9.13 Å². The first-order chi connectivity index (χ1) is 51.8. The molecule has 0 heterocycles. The number of hydrogen-bond donors (Lipinski definition) is 3. The lowest BCUT2D eigenvalue weighted by Gasteiger charge is -2.21. The molecule has 0 rings (SSSR count). The van der Waals surface area contributed by atoms with E-state index in [2.05, 4.69) is 48.5 Å². The fourth-order valence-corrected chi connectivity index (χ4v) is 15.2. The van der Waals surface area contributed by atoms with Crippen molar-refractivity contribution in [2.45, 2.75) is 484 Å². The highest BCUT2D eigenvalue weighted by molar-refractivity contribution is 7.47. The van der Waals surface area contributed by atoms with Crippen molar-refractivity contribution < 1.29 is 80.2 Å². The molecule has 0 aliphatic carbocycles. The predicted octanol–water partition coefficient (Wildman–Crippen LogP) is 26.9. The summed E-state index contributed by atoms with van der Waals surface area (Å²) in [5.41, 5.74) is 0. The third-order valence-electron chi connectivity index (χ3n) is 21.4. The molecule has 0 fully saturated rings. The van der Waals surface area contributed by atoms with Crippen LogP contribution in [0.5, 0.6) is 0 Å². The molecule has 17 nitrogen and oxygen atoms in total. The standard InChI is InChI=1S/C88H172O17P2/c1-8-11-12-13-14-15-16-17-18-21-25-32-37-42-49-57-64-72-88(93)105-84(76-99-86(91)70-63-56-51-44-45-52-59-66-79(4)5)78-103-107(96,97)101-74-82(89)73-100-106(94,95)102-77-83(75-98-85(90)69-62-55-48-41-36-31-28-27-30-35-40-47-54-61-68-81(7)10-3)104-87(92)71-65-58-50-43-38-33-26-23-20-19-22-24-29-34-39-46-53-60-67-80(6)9-2/h79-84,89H,8-78H2,1-7H3,(H,94,95)(H,96,97)/t80?,81?,82-,83-,84-/m1/s1. The summed E-state index contributed by atoms with van der Waals surface area (Å²) in [6.07, 6.45) is 69.4. The van der Waals surface area contributed by atoms with Crippen LogP contribution >= 0.6 is 15.6 Å². The van der Waals surface area contributed by atoms with Gasteiger partial charge in [0.05, 0.1) is 26.4 Å². The van der Waals surface area contributed by atoms with Gasteiger partial charge in [0, 0.05) is 25.7 Å². The van der Waals surface area contributed by atoms with Gasteiger partial charge in [-0.2, -0.15) is 0 Å². The zero-order valence-corrected chi connectivity index (χ0v) is 72.4. The molecule has 0 spiro atoms. The molecule has 0 saturated heterocycles. The highest BCUT2D eigenvalue weighted by Gasteiger charge is 2.31. The molecule has 107 heavy (non-hydrogen) atoms. The van der Waals surface area contributed by atoms with Crippen LogP contribution in [0, 0.1) is 17.8 Å². The maximum atomic E-state index is 13.2. The van der Waals surface area contributed by atoms with Gasteiger partial charge in [-0.3, -0.25) is 37.3 Å². The quantitative estimate of drug-likeness (QED) is 0.0222. The number of unbranched alkanes of at least 4 members (excludes halogenated alkanes) is 52. The van der Waals surface area contributed by atoms with E-state index >= 15 is 0 Å². The van der Waals surface area contributed by atoms with Gasteiger partial charge in [0.1, 0.15) is 19.3 Å². The largest absolute Gasteiger partial charge is 0.472 e. The average molecular weight is 1560 g/mol. The number of carbonyl (C=O) groups is 4. The van der Waals surface area contributed by atoms with E-state index in [9.17, 15) is 43.2 Å². The molecule has 0 bridgehead atoms. The van der Waals surface area contributed by atoms with Gasteiger partial charge in [0.15, 0.2) is 12.2 Å². The molecule has 4 unspecified atom stereocenters. The number of aliphatic hydroxyl groups excluding tert-OH is 1. The van der Waals surface area contributed by atoms with E-state index < -0.39 is 97.5 Å². The van der Waals surface area contributed by atoms with Gasteiger partial charge in [-0.1, -0.05) is 414 Å². The maximum absolute atomic E-state index is 13.2. The van der Waals surface area contributed by atoms with E-state index in [1.165, 1.54) is 270 Å². The molecular formula is C88H172O17P2. The Morgan fingerprint density at radius 3 is 0.710 bits per heavy atom. The molecule has 0 aliphatic heterocycles. The summed E-state index contributed by atoms with van der Waals surface area (Å²) in [4.78, 5) is 73.3. The van der Waals surface area contributed by atoms with Crippen LogP contribution in [-0.4, -0.2) is 96.7 Å². The fraction of sp³-hybridized carbons (Fsp3) is 0.955. The van der Waals surface area contributed by atoms with Gasteiger partial charge < -0.3 is 33.8 Å². The Bertz CT molecular complexity index is 2060. The number of hydrogen-bond acceptors (Lipinski definition) is 15. The number of esters is 4. The minimum absolute atomic E-state index is 0.108. The Balaban J connectivity index is 5.23. The third kappa shape index (κ3) is 79.1. The molecule has 0 aromatic carbocycles. The maximum Gasteiger partial charge on any atom is 0.472 e. The van der Waals surface area contributed by atoms with Crippen LogP contribution in [-0.2, 0) is 65.4 Å². The smallest absolute Gasteiger partial charge is 0.462 e. The van der Waals surface area contributed by atoms with Crippen molar-refractivity contribution in [3.8, 4) is 0 Å². The van der Waals surface area contributed by atoms with Crippen LogP contribution in [0.3, 0.4) is 0 Å². The van der Waals surface area contributed by atoms with Crippen LogP contribution in [0.4, 0.5) is 0 Å². The molecule has 636 valence electrons. The van der Waals surface area contributed by atoms with E-state index in [1.54, 1.807) is 0 Å². The molecule has 0 aromatic heterocycles. The summed E-state index contributed by atoms with van der Waals surface area (Å²) in [6.45, 7) is 12.1. The molecule has 0 amide bonds. The van der Waals surface area contributed by atoms with E-state index in [0.717, 1.165) is 108 Å². The van der Waals surface area contributed by atoms with Crippen LogP contribution in [0.25, 0.3) is 0 Å². The lowest BCUT2D eigenvalue weighted by atomic mass is 9.99. The lowest BCUT2D eigenvalue weighted by molar-refractivity contribution is -0.161. The SMILES string of the molecule is CCCCCCCCCCCCCCCCCCCC(=O)O[C@H](COC(=O)CCCCCCCCCC(C)C)COP(=O)(O)OC[C@H](O)COP(=O)(O)OC[C@@H](COC(=O)CCCCCCCCCCCCCCCCC(C)CC)OC(=O)CCCCCCCCCCCCCCCCCCCCC(C)CC. The average Bonchev–Trinajstić information content (AvgIpc) is 0.901. The van der Waals surface area contributed by atoms with Crippen LogP contribution in [0.1, 0.15) is 466 Å². The zero-order valence-electron chi connectivity index (χ0n) is 70.6. The van der Waals surface area contributed by atoms with E-state index in [-0.39, 0.29) is 25.7 Å². The van der Waals surface area contributed by atoms with Gasteiger partial charge in [-0.15, -0.1) is 0 Å². The minimum Gasteiger partial charge on any atom is -0.462 e. The minimum atomic E-state index is -4.97. The molecule has 19 heteroatoms. The van der Waals surface area contributed by atoms with E-state index in [1.807, 2.05) is 0 Å². The van der Waals surface area contributed by atoms with Crippen molar-refractivity contribution in [2.24, 2.45) is 17.8 Å². The van der Waals surface area contributed by atoms with Crippen molar-refractivity contribution in [3.63, 3.8) is 0 Å². The first kappa shape index (κ1) is 105. The molecule has 3 N–H and O–H groups in total. The number of ether oxygens (including phenoxy) is 4. The van der Waals surface area contributed by atoms with E-state index in [0.29, 0.717) is 31.6 Å². The number of rotatable bonds is 86. The normalized spacial score (nSPS) is 14.3. The van der Waals surface area contributed by atoms with Crippen LogP contribution in [0.15, 0.2) is 0 Å². The summed E-state index contributed by atoms with van der Waals surface area (Å²) in [6, 6.07) is 0. The molecule has 0 saturated carbocycles. The monoisotopic (exact) mass is 1560 g/mol. The highest BCUT2D eigenvalue weighted by atomic mass is 31.2. The Hall–Kier alpha value is -1.94. The van der Waals surface area contributed by atoms with Crippen molar-refractivity contribution in [2.75, 3.05) is 39.6 Å². The summed E-state index contributed by atoms with van der Waals surface area (Å²) >= 11 is 0. The fourth-order valence-electron chi connectivity index (χ4n) is 13.7. The molecule has 0 aromatic rings. The first-order valence-electron chi connectivity index (χ1n) is 45.4. The van der Waals surface area contributed by atoms with Gasteiger partial charge in [0.2, 0.25) is 0 Å². The van der Waals surface area contributed by atoms with Crippen molar-refractivity contribution in [1.82, 2.24) is 0 Å². The van der Waals surface area contributed by atoms with E-state index in [4.69, 9.17) is 37.0 Å². The number of aliphatic hydroxyl groups is 1. The van der Waals surface area contributed by atoms with Gasteiger partial charge in [-0.05, 0) is 43.4 Å². The summed E-state index contributed by atoms with van der Waals surface area (Å²) in [5, 5.41) is 10.7. The molecular weight excluding hydrogens is 1390 g/mol. The Labute approximate surface area is 658 Å². The van der Waals surface area contributed by atoms with Crippen LogP contribution < -0.4 is 0 Å². The predicted molar refractivity (Wildman–Crippen MR) is 441 cm³/mol. The Kier molecular flexibility index (Phi) is 76.6. The van der Waals surface area contributed by atoms with Crippen molar-refractivity contribution >= 4 is 39.5 Å². The van der Waals surface area contributed by atoms with Gasteiger partial charge >= 0.3 is 39.5 Å². The number of carbonyl (C=O) groups excluding carboxylic acids is 4. The lowest BCUT2D eigenvalue weighted by Crippen LogP contribution is -2.30. The summed E-state index contributed by atoms with van der Waals surface area (Å²) in [7, 11) is -9.93. The second-order valence-electron chi connectivity index (χ2n) is 32.6. The summed E-state index contributed by atoms with van der Waals surface area (Å²) in [5.74, 6) is 0.323. The zero-order chi connectivity index (χ0) is 78.6. The second-order valence-corrected chi connectivity index (χ2v) is 35.5. The summed E-state index contributed by atoms with van der Waals surface area (Å²) < 4.78 is 68.9. The molecule has 0 aliphatic rings. The molecule has 7 atom stereocenters. The van der Waals surface area contributed by atoms with Gasteiger partial charge in [0.25, 0.3) is 0 Å². The molecule has 0 radical (unpaired) electrons. The Morgan fingerprint density at radius 2 is 0.477 bits per heavy atom. The number of phosphoric ester groups is 2. The van der Waals surface area contributed by atoms with Crippen molar-refractivity contribution in [1.29, 1.82) is 0 Å².